The summed E-state index contributed by atoms with van der Waals surface area (Å²) in [5, 5.41) is 0. The number of amides is 1. The van der Waals surface area contributed by atoms with Gasteiger partial charge in [-0.05, 0) is 6.42 Å². The summed E-state index contributed by atoms with van der Waals surface area (Å²) in [5.74, 6) is 0.139. The molecule has 0 spiro atoms. The number of likely N-dealkylation sites (tertiary alicyclic amines) is 2. The Hall–Kier alpha value is -0.640. The summed E-state index contributed by atoms with van der Waals surface area (Å²) >= 11 is 0. The van der Waals surface area contributed by atoms with Crippen LogP contribution in [0.3, 0.4) is 0 Å². The molecular weight excluding hydrogens is 195 g/mol. The van der Waals surface area contributed by atoms with Gasteiger partial charge in [-0.1, -0.05) is 13.8 Å². The van der Waals surface area contributed by atoms with E-state index < -0.39 is 6.17 Å². The standard InChI is InChI=1S/C9H15FN2O.C2H6/c1-7(13)11-3-2-9(6-11)12-4-8(10)5-12;1-2/h8-9H,2-6H2,1H3;1-2H3. The smallest absolute Gasteiger partial charge is 0.219 e. The number of alkyl halides is 1. The molecule has 0 aliphatic carbocycles. The zero-order valence-electron chi connectivity index (χ0n) is 9.87. The largest absolute Gasteiger partial charge is 0.341 e. The SMILES string of the molecule is CC.CC(=O)N1CCC(N2CC(F)C2)C1. The van der Waals surface area contributed by atoms with Crippen molar-refractivity contribution in [1.29, 1.82) is 0 Å². The second-order valence-electron chi connectivity index (χ2n) is 3.96. The lowest BCUT2D eigenvalue weighted by Crippen LogP contribution is -2.54. The van der Waals surface area contributed by atoms with E-state index in [1.807, 2.05) is 18.7 Å². The molecule has 1 unspecified atom stereocenters. The maximum atomic E-state index is 12.6. The van der Waals surface area contributed by atoms with Gasteiger partial charge in [-0.25, -0.2) is 4.39 Å². The van der Waals surface area contributed by atoms with Gasteiger partial charge in [0.2, 0.25) is 5.91 Å². The van der Waals surface area contributed by atoms with Crippen LogP contribution in [0.5, 0.6) is 0 Å². The highest BCUT2D eigenvalue weighted by Crippen LogP contribution is 2.22. The molecule has 4 heteroatoms. The molecule has 0 N–H and O–H groups in total. The van der Waals surface area contributed by atoms with Crippen molar-refractivity contribution in [2.75, 3.05) is 26.2 Å². The highest BCUT2D eigenvalue weighted by atomic mass is 19.1. The van der Waals surface area contributed by atoms with Crippen molar-refractivity contribution in [3.05, 3.63) is 0 Å². The Balaban J connectivity index is 0.000000531. The van der Waals surface area contributed by atoms with Crippen molar-refractivity contribution in [3.8, 4) is 0 Å². The zero-order chi connectivity index (χ0) is 11.4. The van der Waals surface area contributed by atoms with Crippen molar-refractivity contribution in [1.82, 2.24) is 9.80 Å². The van der Waals surface area contributed by atoms with Crippen molar-refractivity contribution in [2.24, 2.45) is 0 Å². The number of carbonyl (C=O) groups is 1. The molecule has 3 nitrogen and oxygen atoms in total. The first-order chi connectivity index (χ1) is 7.16. The summed E-state index contributed by atoms with van der Waals surface area (Å²) in [6, 6.07) is 0.413. The van der Waals surface area contributed by atoms with Crippen LogP contribution in [0.2, 0.25) is 0 Å². The van der Waals surface area contributed by atoms with Gasteiger partial charge < -0.3 is 4.90 Å². The van der Waals surface area contributed by atoms with Crippen LogP contribution < -0.4 is 0 Å². The lowest BCUT2D eigenvalue weighted by Gasteiger charge is -2.38. The zero-order valence-corrected chi connectivity index (χ0v) is 9.87. The Kier molecular flexibility index (Phi) is 4.51. The van der Waals surface area contributed by atoms with E-state index in [1.165, 1.54) is 0 Å². The maximum Gasteiger partial charge on any atom is 0.219 e. The molecule has 2 fully saturated rings. The molecule has 2 rings (SSSR count). The quantitative estimate of drug-likeness (QED) is 0.659. The third-order valence-corrected chi connectivity index (χ3v) is 2.99. The summed E-state index contributed by atoms with van der Waals surface area (Å²) in [7, 11) is 0. The summed E-state index contributed by atoms with van der Waals surface area (Å²) in [4.78, 5) is 15.0. The van der Waals surface area contributed by atoms with Gasteiger partial charge in [0.15, 0.2) is 0 Å². The number of carbonyl (C=O) groups excluding carboxylic acids is 1. The minimum atomic E-state index is -0.633. The van der Waals surface area contributed by atoms with E-state index in [2.05, 4.69) is 4.90 Å². The Labute approximate surface area is 91.2 Å². The molecule has 1 atom stereocenters. The number of hydrogen-bond donors (Lipinski definition) is 0. The first-order valence-electron chi connectivity index (χ1n) is 5.80. The number of hydrogen-bond acceptors (Lipinski definition) is 2. The number of nitrogens with zero attached hydrogens (tertiary/aromatic N) is 2. The molecule has 2 aliphatic rings. The molecule has 0 aromatic heterocycles. The molecule has 0 aromatic carbocycles. The predicted molar refractivity (Wildman–Crippen MR) is 58.5 cm³/mol. The fourth-order valence-corrected chi connectivity index (χ4v) is 2.08. The molecular formula is C11H21FN2O. The van der Waals surface area contributed by atoms with Gasteiger partial charge in [0.1, 0.15) is 6.17 Å². The Morgan fingerprint density at radius 3 is 2.27 bits per heavy atom. The van der Waals surface area contributed by atoms with Gasteiger partial charge in [-0.3, -0.25) is 9.69 Å². The third kappa shape index (κ3) is 2.91. The normalized spacial score (nSPS) is 26.9. The van der Waals surface area contributed by atoms with Crippen LogP contribution in [-0.4, -0.2) is 54.1 Å². The Morgan fingerprint density at radius 1 is 1.27 bits per heavy atom. The van der Waals surface area contributed by atoms with E-state index >= 15 is 0 Å². The molecule has 0 saturated carbocycles. The number of halogens is 1. The third-order valence-electron chi connectivity index (χ3n) is 2.99. The fourth-order valence-electron chi connectivity index (χ4n) is 2.08. The van der Waals surface area contributed by atoms with Crippen molar-refractivity contribution in [2.45, 2.75) is 39.4 Å². The van der Waals surface area contributed by atoms with E-state index in [9.17, 15) is 9.18 Å². The lowest BCUT2D eigenvalue weighted by atomic mass is 10.1. The molecule has 2 saturated heterocycles. The monoisotopic (exact) mass is 216 g/mol. The van der Waals surface area contributed by atoms with E-state index in [1.54, 1.807) is 6.92 Å². The van der Waals surface area contributed by atoms with E-state index in [0.29, 0.717) is 19.1 Å². The van der Waals surface area contributed by atoms with Gasteiger partial charge in [-0.15, -0.1) is 0 Å². The van der Waals surface area contributed by atoms with Crippen LogP contribution in [0.25, 0.3) is 0 Å². The van der Waals surface area contributed by atoms with Crippen LogP contribution in [0.1, 0.15) is 27.2 Å². The van der Waals surface area contributed by atoms with Gasteiger partial charge in [0, 0.05) is 39.1 Å². The topological polar surface area (TPSA) is 23.6 Å². The fraction of sp³-hybridized carbons (Fsp3) is 0.909. The first-order valence-corrected chi connectivity index (χ1v) is 5.80. The molecule has 2 aliphatic heterocycles. The van der Waals surface area contributed by atoms with Crippen LogP contribution in [0.15, 0.2) is 0 Å². The molecule has 0 bridgehead atoms. The second kappa shape index (κ2) is 5.45. The average molecular weight is 216 g/mol. The van der Waals surface area contributed by atoms with Gasteiger partial charge >= 0.3 is 0 Å². The minimum absolute atomic E-state index is 0.139. The predicted octanol–water partition coefficient (Wildman–Crippen LogP) is 1.29. The summed E-state index contributed by atoms with van der Waals surface area (Å²) < 4.78 is 12.6. The molecule has 1 amide bonds. The van der Waals surface area contributed by atoms with Gasteiger partial charge in [0.05, 0.1) is 0 Å². The van der Waals surface area contributed by atoms with E-state index in [-0.39, 0.29) is 5.91 Å². The lowest BCUT2D eigenvalue weighted by molar-refractivity contribution is -0.128. The summed E-state index contributed by atoms with van der Waals surface area (Å²) in [6.07, 6.45) is 0.373. The molecule has 2 heterocycles. The van der Waals surface area contributed by atoms with Crippen molar-refractivity contribution < 1.29 is 9.18 Å². The highest BCUT2D eigenvalue weighted by molar-refractivity contribution is 5.73. The maximum absolute atomic E-state index is 12.6. The van der Waals surface area contributed by atoms with Crippen LogP contribution in [0.4, 0.5) is 4.39 Å². The molecule has 88 valence electrons. The Morgan fingerprint density at radius 2 is 1.87 bits per heavy atom. The Bertz CT molecular complexity index is 217. The minimum Gasteiger partial charge on any atom is -0.341 e. The first kappa shape index (κ1) is 12.4. The second-order valence-corrected chi connectivity index (χ2v) is 3.96. The van der Waals surface area contributed by atoms with Crippen LogP contribution >= 0.6 is 0 Å². The van der Waals surface area contributed by atoms with E-state index in [0.717, 1.165) is 19.5 Å². The van der Waals surface area contributed by atoms with Gasteiger partial charge in [0.25, 0.3) is 0 Å². The number of rotatable bonds is 1. The van der Waals surface area contributed by atoms with Gasteiger partial charge in [-0.2, -0.15) is 0 Å². The van der Waals surface area contributed by atoms with Crippen molar-refractivity contribution in [3.63, 3.8) is 0 Å². The highest BCUT2D eigenvalue weighted by Gasteiger charge is 2.36. The van der Waals surface area contributed by atoms with Crippen LogP contribution in [0, 0.1) is 0 Å². The molecule has 0 aromatic rings. The average Bonchev–Trinajstić information content (AvgIpc) is 2.65. The summed E-state index contributed by atoms with van der Waals surface area (Å²) in [5.41, 5.74) is 0. The molecule has 15 heavy (non-hydrogen) atoms. The van der Waals surface area contributed by atoms with Crippen molar-refractivity contribution >= 4 is 5.91 Å². The summed E-state index contributed by atoms with van der Waals surface area (Å²) in [6.45, 7) is 8.36. The van der Waals surface area contributed by atoms with Crippen LogP contribution in [-0.2, 0) is 4.79 Å². The molecule has 0 radical (unpaired) electrons. The van der Waals surface area contributed by atoms with E-state index in [4.69, 9.17) is 0 Å².